The van der Waals surface area contributed by atoms with Crippen LogP contribution in [0.1, 0.15) is 15.4 Å². The van der Waals surface area contributed by atoms with Crippen molar-refractivity contribution < 1.29 is 19.2 Å². The summed E-state index contributed by atoms with van der Waals surface area (Å²) in [4.78, 5) is 21.6. The minimum Gasteiger partial charge on any atom is -0.477 e. The van der Waals surface area contributed by atoms with Crippen LogP contribution in [0.15, 0.2) is 32.9 Å². The molecule has 1 N–H and O–H groups in total. The summed E-state index contributed by atoms with van der Waals surface area (Å²) >= 11 is 2.51. The molecule has 0 aromatic carbocycles. The number of carboxylic acids is 1. The number of nitrogens with zero attached hydrogens (tertiary/aromatic N) is 1. The highest BCUT2D eigenvalue weighted by Crippen LogP contribution is 2.29. The lowest BCUT2D eigenvalue weighted by molar-refractivity contribution is -0.402. The van der Waals surface area contributed by atoms with Gasteiger partial charge in [0.25, 0.3) is 0 Å². The van der Waals surface area contributed by atoms with Gasteiger partial charge in [-0.15, -0.1) is 23.1 Å². The smallest absolute Gasteiger partial charge is 0.433 e. The normalized spacial score (nSPS) is 10.4. The van der Waals surface area contributed by atoms with Gasteiger partial charge in [0.15, 0.2) is 0 Å². The molecule has 18 heavy (non-hydrogen) atoms. The zero-order chi connectivity index (χ0) is 13.1. The third-order valence-corrected chi connectivity index (χ3v) is 4.06. The number of hydrogen-bond acceptors (Lipinski definition) is 6. The van der Waals surface area contributed by atoms with Gasteiger partial charge in [-0.1, -0.05) is 0 Å². The number of furan rings is 1. The highest BCUT2D eigenvalue weighted by molar-refractivity contribution is 7.98. The largest absolute Gasteiger partial charge is 0.477 e. The van der Waals surface area contributed by atoms with E-state index in [0.717, 1.165) is 16.2 Å². The predicted octanol–water partition coefficient (Wildman–Crippen LogP) is 3.24. The molecule has 0 amide bonds. The molecule has 0 fully saturated rings. The summed E-state index contributed by atoms with van der Waals surface area (Å²) in [6.07, 6.45) is 0. The van der Waals surface area contributed by atoms with Gasteiger partial charge in [0.05, 0.1) is 11.8 Å². The molecule has 0 aliphatic carbocycles. The molecule has 2 aromatic rings. The molecule has 2 aromatic heterocycles. The molecule has 0 aliphatic rings. The van der Waals surface area contributed by atoms with Crippen molar-refractivity contribution in [1.82, 2.24) is 0 Å². The molecule has 0 saturated heterocycles. The molecule has 0 spiro atoms. The van der Waals surface area contributed by atoms with Crippen molar-refractivity contribution in [3.63, 3.8) is 0 Å². The van der Waals surface area contributed by atoms with E-state index in [1.54, 1.807) is 11.4 Å². The second kappa shape index (κ2) is 5.23. The van der Waals surface area contributed by atoms with E-state index in [0.29, 0.717) is 11.5 Å². The van der Waals surface area contributed by atoms with Crippen molar-refractivity contribution in [1.29, 1.82) is 0 Å². The Balaban J connectivity index is 1.97. The highest BCUT2D eigenvalue weighted by atomic mass is 32.2. The quantitative estimate of drug-likeness (QED) is 0.515. The van der Waals surface area contributed by atoms with Crippen LogP contribution in [-0.2, 0) is 5.75 Å². The zero-order valence-corrected chi connectivity index (χ0v) is 10.5. The molecule has 0 atom stereocenters. The third kappa shape index (κ3) is 2.90. The van der Waals surface area contributed by atoms with Gasteiger partial charge in [0.1, 0.15) is 15.6 Å². The summed E-state index contributed by atoms with van der Waals surface area (Å²) in [6.45, 7) is 0. The summed E-state index contributed by atoms with van der Waals surface area (Å²) in [6, 6.07) is 4.40. The summed E-state index contributed by atoms with van der Waals surface area (Å²) in [5, 5.41) is 20.9. The first-order valence-electron chi connectivity index (χ1n) is 4.74. The molecule has 2 heterocycles. The van der Waals surface area contributed by atoms with Crippen LogP contribution < -0.4 is 0 Å². The molecule has 0 unspecified atom stereocenters. The summed E-state index contributed by atoms with van der Waals surface area (Å²) in [5.41, 5.74) is 0. The maximum Gasteiger partial charge on any atom is 0.433 e. The van der Waals surface area contributed by atoms with Crippen molar-refractivity contribution in [2.45, 2.75) is 10.6 Å². The number of rotatable bonds is 5. The Hall–Kier alpha value is -1.80. The van der Waals surface area contributed by atoms with Gasteiger partial charge >= 0.3 is 11.9 Å². The highest BCUT2D eigenvalue weighted by Gasteiger charge is 2.12. The van der Waals surface area contributed by atoms with Crippen LogP contribution in [0.4, 0.5) is 5.88 Å². The van der Waals surface area contributed by atoms with Gasteiger partial charge in [-0.2, -0.15) is 0 Å². The van der Waals surface area contributed by atoms with Crippen LogP contribution in [0.5, 0.6) is 0 Å². The van der Waals surface area contributed by atoms with Gasteiger partial charge < -0.3 is 9.52 Å². The Morgan fingerprint density at radius 1 is 1.56 bits per heavy atom. The van der Waals surface area contributed by atoms with E-state index in [2.05, 4.69) is 0 Å². The van der Waals surface area contributed by atoms with Crippen LogP contribution in [0.2, 0.25) is 0 Å². The van der Waals surface area contributed by atoms with Crippen molar-refractivity contribution in [2.75, 3.05) is 0 Å². The first-order chi connectivity index (χ1) is 8.56. The lowest BCUT2D eigenvalue weighted by atomic mass is 10.5. The monoisotopic (exact) mass is 285 g/mol. The van der Waals surface area contributed by atoms with E-state index in [-0.39, 0.29) is 10.8 Å². The second-order valence-electron chi connectivity index (χ2n) is 3.24. The number of carboxylic acid groups (broad SMARTS) is 1. The Morgan fingerprint density at radius 3 is 2.89 bits per heavy atom. The van der Waals surface area contributed by atoms with Crippen molar-refractivity contribution in [3.8, 4) is 0 Å². The van der Waals surface area contributed by atoms with E-state index >= 15 is 0 Å². The van der Waals surface area contributed by atoms with Gasteiger partial charge in [-0.25, -0.2) is 4.79 Å². The second-order valence-corrected chi connectivity index (χ2v) is 5.20. The first kappa shape index (κ1) is 12.7. The number of thiophene rings is 1. The number of aromatic carboxylic acids is 1. The van der Waals surface area contributed by atoms with Crippen molar-refractivity contribution in [2.24, 2.45) is 0 Å². The average molecular weight is 285 g/mol. The molecule has 0 bridgehead atoms. The lowest BCUT2D eigenvalue weighted by Gasteiger charge is -1.93. The van der Waals surface area contributed by atoms with E-state index in [9.17, 15) is 14.9 Å². The molecule has 94 valence electrons. The Bertz CT molecular complexity index is 536. The standard InChI is InChI=1S/C10H7NO5S2/c12-10(13)8-3-7(5-18-8)17-4-6-1-2-9(16-6)11(14)15/h1-3,5H,4H2,(H,12,13). The first-order valence-corrected chi connectivity index (χ1v) is 6.60. The van der Waals surface area contributed by atoms with Gasteiger partial charge in [0, 0.05) is 10.3 Å². The fraction of sp³-hybridized carbons (Fsp3) is 0.100. The van der Waals surface area contributed by atoms with Crippen LogP contribution in [0, 0.1) is 10.1 Å². The zero-order valence-electron chi connectivity index (χ0n) is 8.86. The van der Waals surface area contributed by atoms with Crippen LogP contribution in [0.25, 0.3) is 0 Å². The molecule has 0 aliphatic heterocycles. The van der Waals surface area contributed by atoms with E-state index in [1.165, 1.54) is 23.9 Å². The number of nitro groups is 1. The fourth-order valence-corrected chi connectivity index (χ4v) is 2.97. The maximum atomic E-state index is 10.7. The molecular formula is C10H7NO5S2. The molecule has 8 heteroatoms. The van der Waals surface area contributed by atoms with Crippen LogP contribution in [-0.4, -0.2) is 16.0 Å². The maximum absolute atomic E-state index is 10.7. The molecule has 2 rings (SSSR count). The fourth-order valence-electron chi connectivity index (χ4n) is 1.20. The molecule has 0 saturated carbocycles. The van der Waals surface area contributed by atoms with E-state index in [1.807, 2.05) is 0 Å². The summed E-state index contributed by atoms with van der Waals surface area (Å²) in [5.74, 6) is -0.346. The summed E-state index contributed by atoms with van der Waals surface area (Å²) < 4.78 is 4.99. The topological polar surface area (TPSA) is 93.6 Å². The SMILES string of the molecule is O=C(O)c1cc(SCc2ccc([N+](=O)[O-])o2)cs1. The third-order valence-electron chi connectivity index (χ3n) is 1.99. The van der Waals surface area contributed by atoms with Gasteiger partial charge in [0.2, 0.25) is 0 Å². The average Bonchev–Trinajstić information content (AvgIpc) is 2.95. The summed E-state index contributed by atoms with van der Waals surface area (Å²) in [7, 11) is 0. The van der Waals surface area contributed by atoms with Crippen molar-refractivity contribution >= 4 is 35.0 Å². The van der Waals surface area contributed by atoms with Crippen LogP contribution in [0.3, 0.4) is 0 Å². The Morgan fingerprint density at radius 2 is 2.33 bits per heavy atom. The van der Waals surface area contributed by atoms with Gasteiger partial charge in [-0.05, 0) is 12.1 Å². The van der Waals surface area contributed by atoms with Crippen molar-refractivity contribution in [3.05, 3.63) is 44.3 Å². The van der Waals surface area contributed by atoms with E-state index < -0.39 is 10.9 Å². The number of thioether (sulfide) groups is 1. The Labute approximate surface area is 109 Å². The number of carbonyl (C=O) groups is 1. The van der Waals surface area contributed by atoms with Gasteiger partial charge in [-0.3, -0.25) is 10.1 Å². The minimum absolute atomic E-state index is 0.267. The van der Waals surface area contributed by atoms with Crippen LogP contribution >= 0.6 is 23.1 Å². The minimum atomic E-state index is -0.958. The lowest BCUT2D eigenvalue weighted by Crippen LogP contribution is -1.89. The van der Waals surface area contributed by atoms with E-state index in [4.69, 9.17) is 9.52 Å². The molecule has 0 radical (unpaired) electrons. The molecule has 6 nitrogen and oxygen atoms in total. The predicted molar refractivity (Wildman–Crippen MR) is 66.2 cm³/mol. The molecular weight excluding hydrogens is 278 g/mol. The Kier molecular flexibility index (Phi) is 3.68. The number of hydrogen-bond donors (Lipinski definition) is 1.